The Kier molecular flexibility index (Phi) is 7.41. The minimum atomic E-state index is -1.82. The van der Waals surface area contributed by atoms with E-state index in [0.717, 1.165) is 0 Å². The molecule has 0 heterocycles. The molecule has 0 rings (SSSR count). The number of carbonyl (C=O) groups excluding carboxylic acids is 1. The molecule has 0 N–H and O–H groups in total. The average Bonchev–Trinajstić information content (AvgIpc) is 2.25. The lowest BCUT2D eigenvalue weighted by atomic mass is 10.1. The average molecular weight is 409 g/mol. The molecule has 0 amide bonds. The number of hydrogen-bond donors (Lipinski definition) is 0. The zero-order chi connectivity index (χ0) is 16.4. The summed E-state index contributed by atoms with van der Waals surface area (Å²) in [5, 5.41) is 0. The lowest BCUT2D eigenvalue weighted by Crippen LogP contribution is -2.48. The van der Waals surface area contributed by atoms with Gasteiger partial charge in [0.05, 0.1) is 0 Å². The molecule has 20 heavy (non-hydrogen) atoms. The fourth-order valence-electron chi connectivity index (χ4n) is 1.05. The number of ether oxygens (including phenoxy) is 2. The molecule has 9 heteroatoms. The maximum atomic E-state index is 11.9. The maximum absolute atomic E-state index is 11.9. The van der Waals surface area contributed by atoms with Crippen molar-refractivity contribution in [3.8, 4) is 0 Å². The maximum Gasteiger partial charge on any atom is 0.509 e. The van der Waals surface area contributed by atoms with Gasteiger partial charge in [0.15, 0.2) is 11.2 Å². The molecule has 0 bridgehead atoms. The van der Waals surface area contributed by atoms with Crippen molar-refractivity contribution < 1.29 is 14.3 Å². The second-order valence-electron chi connectivity index (χ2n) is 4.62. The summed E-state index contributed by atoms with van der Waals surface area (Å²) >= 11 is 34.8. The molecule has 0 aliphatic carbocycles. The quantitative estimate of drug-likeness (QED) is 0.409. The summed E-state index contributed by atoms with van der Waals surface area (Å²) in [7, 11) is 0. The largest absolute Gasteiger partial charge is 0.509 e. The van der Waals surface area contributed by atoms with Gasteiger partial charge in [-0.2, -0.15) is 0 Å². The molecule has 0 aromatic rings. The number of halogens is 6. The Hall–Kier alpha value is 1.01. The molecule has 0 saturated carbocycles. The van der Waals surface area contributed by atoms with Gasteiger partial charge in [0.1, 0.15) is 0 Å². The molecular weight excluding hydrogens is 393 g/mol. The predicted octanol–water partition coefficient (Wildman–Crippen LogP) is 6.22. The van der Waals surface area contributed by atoms with Gasteiger partial charge in [0.2, 0.25) is 7.59 Å². The van der Waals surface area contributed by atoms with Gasteiger partial charge in [0, 0.05) is 0 Å². The lowest BCUT2D eigenvalue weighted by Gasteiger charge is -2.38. The predicted molar refractivity (Wildman–Crippen MR) is 85.5 cm³/mol. The van der Waals surface area contributed by atoms with E-state index >= 15 is 0 Å². The van der Waals surface area contributed by atoms with Crippen molar-refractivity contribution in [2.24, 2.45) is 0 Å². The van der Waals surface area contributed by atoms with Gasteiger partial charge >= 0.3 is 6.16 Å². The van der Waals surface area contributed by atoms with Crippen LogP contribution >= 0.6 is 69.6 Å². The molecular formula is C11H16Cl6O3. The van der Waals surface area contributed by atoms with Gasteiger partial charge in [-0.25, -0.2) is 4.79 Å². The van der Waals surface area contributed by atoms with E-state index in [4.69, 9.17) is 79.1 Å². The zero-order valence-electron chi connectivity index (χ0n) is 11.4. The van der Waals surface area contributed by atoms with Gasteiger partial charge in [-0.05, 0) is 26.7 Å². The van der Waals surface area contributed by atoms with Gasteiger partial charge in [-0.3, -0.25) is 0 Å². The summed E-state index contributed by atoms with van der Waals surface area (Å²) in [5.41, 5.74) is -2.73. The van der Waals surface area contributed by atoms with Crippen LogP contribution in [0.25, 0.3) is 0 Å². The van der Waals surface area contributed by atoms with Crippen molar-refractivity contribution in [3.63, 3.8) is 0 Å². The summed E-state index contributed by atoms with van der Waals surface area (Å²) in [6.07, 6.45) is -0.555. The van der Waals surface area contributed by atoms with Crippen molar-refractivity contribution in [2.75, 3.05) is 0 Å². The van der Waals surface area contributed by atoms with Gasteiger partial charge < -0.3 is 9.47 Å². The van der Waals surface area contributed by atoms with Crippen LogP contribution in [-0.4, -0.2) is 24.9 Å². The fourth-order valence-corrected chi connectivity index (χ4v) is 2.08. The first-order valence-electron chi connectivity index (χ1n) is 5.78. The van der Waals surface area contributed by atoms with E-state index in [1.54, 1.807) is 13.8 Å². The first-order valence-corrected chi connectivity index (χ1v) is 8.04. The van der Waals surface area contributed by atoms with Crippen molar-refractivity contribution in [2.45, 2.75) is 59.3 Å². The van der Waals surface area contributed by atoms with Crippen LogP contribution in [0.2, 0.25) is 0 Å². The summed E-state index contributed by atoms with van der Waals surface area (Å²) in [4.78, 5) is 11.9. The molecule has 120 valence electrons. The van der Waals surface area contributed by atoms with Crippen molar-refractivity contribution in [3.05, 3.63) is 0 Å². The third-order valence-corrected chi connectivity index (χ3v) is 5.56. The normalized spacial score (nSPS) is 18.9. The van der Waals surface area contributed by atoms with Crippen LogP contribution in [0, 0.1) is 0 Å². The summed E-state index contributed by atoms with van der Waals surface area (Å²) in [6.45, 7) is 6.34. The minimum Gasteiger partial charge on any atom is -0.423 e. The van der Waals surface area contributed by atoms with E-state index in [1.165, 1.54) is 13.8 Å². The topological polar surface area (TPSA) is 35.5 Å². The highest BCUT2D eigenvalue weighted by Crippen LogP contribution is 2.45. The molecule has 2 unspecified atom stereocenters. The van der Waals surface area contributed by atoms with Crippen molar-refractivity contribution in [1.29, 1.82) is 0 Å². The third-order valence-electron chi connectivity index (χ3n) is 3.17. The number of rotatable bonds is 4. The second kappa shape index (κ2) is 7.06. The molecule has 0 aliphatic heterocycles. The van der Waals surface area contributed by atoms with E-state index in [1.807, 2.05) is 0 Å². The number of alkyl halides is 6. The molecule has 0 radical (unpaired) electrons. The van der Waals surface area contributed by atoms with Crippen LogP contribution in [0.5, 0.6) is 0 Å². The summed E-state index contributed by atoms with van der Waals surface area (Å²) in [5.74, 6) is 0. The summed E-state index contributed by atoms with van der Waals surface area (Å²) in [6, 6.07) is 0. The van der Waals surface area contributed by atoms with Gasteiger partial charge in [-0.15, -0.1) is 0 Å². The van der Waals surface area contributed by atoms with E-state index in [2.05, 4.69) is 0 Å². The Morgan fingerprint density at radius 2 is 1.05 bits per heavy atom. The molecule has 0 aliphatic rings. The highest BCUT2D eigenvalue weighted by atomic mass is 35.6. The molecule has 0 aromatic heterocycles. The zero-order valence-corrected chi connectivity index (χ0v) is 15.9. The Labute approximate surface area is 149 Å². The number of carbonyl (C=O) groups is 1. The molecule has 0 saturated heterocycles. The van der Waals surface area contributed by atoms with Crippen LogP contribution < -0.4 is 0 Å². The Balaban J connectivity index is 5.05. The molecule has 0 spiro atoms. The van der Waals surface area contributed by atoms with Crippen LogP contribution in [0.3, 0.4) is 0 Å². The second-order valence-corrected chi connectivity index (χ2v) is 9.18. The van der Waals surface area contributed by atoms with Crippen molar-refractivity contribution in [1.82, 2.24) is 0 Å². The van der Waals surface area contributed by atoms with Gasteiger partial charge in [-0.1, -0.05) is 83.5 Å². The monoisotopic (exact) mass is 406 g/mol. The van der Waals surface area contributed by atoms with Crippen molar-refractivity contribution >= 4 is 75.8 Å². The lowest BCUT2D eigenvalue weighted by molar-refractivity contribution is -0.0704. The highest BCUT2D eigenvalue weighted by Gasteiger charge is 2.51. The first-order chi connectivity index (χ1) is 8.72. The standard InChI is InChI=1S/C11H16Cl6O3/c1-5-8(3,10(12,13)14)19-7(18)20-9(4,6-2)11(15,16)17/h5-6H2,1-4H3. The SMILES string of the molecule is CCC(C)(OC(=O)OC(C)(CC)C(Cl)(Cl)Cl)C(Cl)(Cl)Cl. The van der Waals surface area contributed by atoms with Crippen LogP contribution in [0.1, 0.15) is 40.5 Å². The molecule has 0 fully saturated rings. The number of hydrogen-bond acceptors (Lipinski definition) is 3. The van der Waals surface area contributed by atoms with Crippen LogP contribution in [0.4, 0.5) is 4.79 Å². The van der Waals surface area contributed by atoms with E-state index in [9.17, 15) is 4.79 Å². The fraction of sp³-hybridized carbons (Fsp3) is 0.909. The van der Waals surface area contributed by atoms with Crippen LogP contribution in [0.15, 0.2) is 0 Å². The Bertz CT molecular complexity index is 319. The van der Waals surface area contributed by atoms with E-state index in [0.29, 0.717) is 0 Å². The third kappa shape index (κ3) is 5.03. The first kappa shape index (κ1) is 21.0. The molecule has 3 nitrogen and oxygen atoms in total. The highest BCUT2D eigenvalue weighted by molar-refractivity contribution is 6.69. The Morgan fingerprint density at radius 3 is 1.20 bits per heavy atom. The van der Waals surface area contributed by atoms with Gasteiger partial charge in [0.25, 0.3) is 0 Å². The molecule has 0 aromatic carbocycles. The van der Waals surface area contributed by atoms with Crippen LogP contribution in [-0.2, 0) is 9.47 Å². The molecule has 2 atom stereocenters. The smallest absolute Gasteiger partial charge is 0.423 e. The van der Waals surface area contributed by atoms with E-state index < -0.39 is 24.9 Å². The Morgan fingerprint density at radius 1 is 0.800 bits per heavy atom. The summed E-state index contributed by atoms with van der Waals surface area (Å²) < 4.78 is 6.59. The van der Waals surface area contributed by atoms with E-state index in [-0.39, 0.29) is 12.8 Å². The minimum absolute atomic E-state index is 0.259.